The minimum Gasteiger partial charge on any atom is -0.487 e. The number of halogens is 1. The number of hydrogen-bond acceptors (Lipinski definition) is 4. The zero-order chi connectivity index (χ0) is 22.9. The van der Waals surface area contributed by atoms with E-state index >= 15 is 0 Å². The predicted molar refractivity (Wildman–Crippen MR) is 130 cm³/mol. The Morgan fingerprint density at radius 1 is 1.12 bits per heavy atom. The fraction of sp³-hybridized carbons (Fsp3) is 0.360. The van der Waals surface area contributed by atoms with Crippen LogP contribution in [0, 0.1) is 0 Å². The van der Waals surface area contributed by atoms with Crippen molar-refractivity contribution in [1.29, 1.82) is 0 Å². The number of amides is 2. The van der Waals surface area contributed by atoms with Gasteiger partial charge in [0.1, 0.15) is 12.4 Å². The molecule has 0 saturated heterocycles. The van der Waals surface area contributed by atoms with Crippen molar-refractivity contribution in [2.24, 2.45) is 0 Å². The molecule has 0 aromatic heterocycles. The van der Waals surface area contributed by atoms with Crippen LogP contribution in [-0.2, 0) is 4.79 Å². The SMILES string of the molecule is C=C(C)COc1ccccc1NCC(=O)Nc1ccc(Cl)c(C(=O)NC2CCCCC2)c1. The Hall–Kier alpha value is -2.99. The maximum atomic E-state index is 12.7. The number of hydrogen-bond donors (Lipinski definition) is 3. The van der Waals surface area contributed by atoms with Crippen LogP contribution in [0.3, 0.4) is 0 Å². The van der Waals surface area contributed by atoms with Crippen molar-refractivity contribution in [3.63, 3.8) is 0 Å². The molecular weight excluding hydrogens is 426 g/mol. The number of carbonyl (C=O) groups excluding carboxylic acids is 2. The Morgan fingerprint density at radius 3 is 2.62 bits per heavy atom. The first-order valence-corrected chi connectivity index (χ1v) is 11.3. The Bertz CT molecular complexity index is 971. The van der Waals surface area contributed by atoms with Crippen LogP contribution >= 0.6 is 11.6 Å². The van der Waals surface area contributed by atoms with Crippen molar-refractivity contribution >= 4 is 34.8 Å². The Balaban J connectivity index is 1.58. The zero-order valence-corrected chi connectivity index (χ0v) is 19.1. The summed E-state index contributed by atoms with van der Waals surface area (Å²) < 4.78 is 5.71. The lowest BCUT2D eigenvalue weighted by Gasteiger charge is -2.23. The van der Waals surface area contributed by atoms with E-state index in [2.05, 4.69) is 22.5 Å². The molecule has 0 bridgehead atoms. The fourth-order valence-electron chi connectivity index (χ4n) is 3.61. The molecule has 1 fully saturated rings. The van der Waals surface area contributed by atoms with Gasteiger partial charge >= 0.3 is 0 Å². The number of rotatable bonds is 9. The van der Waals surface area contributed by atoms with Gasteiger partial charge in [-0.3, -0.25) is 9.59 Å². The second-order valence-electron chi connectivity index (χ2n) is 8.15. The first kappa shape index (κ1) is 23.7. The second-order valence-corrected chi connectivity index (χ2v) is 8.55. The molecule has 2 amide bonds. The molecule has 170 valence electrons. The molecule has 0 spiro atoms. The number of benzene rings is 2. The molecule has 0 radical (unpaired) electrons. The Kier molecular flexibility index (Phi) is 8.56. The first-order chi connectivity index (χ1) is 15.4. The summed E-state index contributed by atoms with van der Waals surface area (Å²) in [5.41, 5.74) is 2.50. The lowest BCUT2D eigenvalue weighted by Crippen LogP contribution is -2.36. The van der Waals surface area contributed by atoms with Crippen molar-refractivity contribution in [2.45, 2.75) is 45.1 Å². The molecule has 1 saturated carbocycles. The van der Waals surface area contributed by atoms with E-state index in [0.717, 1.165) is 31.3 Å². The number of carbonyl (C=O) groups is 2. The monoisotopic (exact) mass is 455 g/mol. The highest BCUT2D eigenvalue weighted by atomic mass is 35.5. The number of anilines is 2. The van der Waals surface area contributed by atoms with E-state index in [1.165, 1.54) is 6.42 Å². The van der Waals surface area contributed by atoms with E-state index in [4.69, 9.17) is 16.3 Å². The maximum Gasteiger partial charge on any atom is 0.253 e. The molecule has 7 heteroatoms. The summed E-state index contributed by atoms with van der Waals surface area (Å²) in [7, 11) is 0. The van der Waals surface area contributed by atoms with Crippen molar-refractivity contribution in [3.05, 3.63) is 65.2 Å². The molecule has 1 aliphatic carbocycles. The topological polar surface area (TPSA) is 79.5 Å². The molecular formula is C25H30ClN3O3. The largest absolute Gasteiger partial charge is 0.487 e. The smallest absolute Gasteiger partial charge is 0.253 e. The van der Waals surface area contributed by atoms with Crippen LogP contribution in [0.1, 0.15) is 49.4 Å². The van der Waals surface area contributed by atoms with E-state index in [1.807, 2.05) is 31.2 Å². The van der Waals surface area contributed by atoms with Crippen LogP contribution in [0.25, 0.3) is 0 Å². The zero-order valence-electron chi connectivity index (χ0n) is 18.4. The van der Waals surface area contributed by atoms with Crippen LogP contribution in [0.2, 0.25) is 5.02 Å². The van der Waals surface area contributed by atoms with Crippen molar-refractivity contribution in [1.82, 2.24) is 5.32 Å². The number of para-hydroxylation sites is 2. The molecule has 1 aliphatic rings. The van der Waals surface area contributed by atoms with E-state index in [1.54, 1.807) is 18.2 Å². The van der Waals surface area contributed by atoms with Crippen molar-refractivity contribution in [2.75, 3.05) is 23.8 Å². The highest BCUT2D eigenvalue weighted by Crippen LogP contribution is 2.25. The maximum absolute atomic E-state index is 12.7. The van der Waals surface area contributed by atoms with Gasteiger partial charge in [-0.25, -0.2) is 0 Å². The van der Waals surface area contributed by atoms with Gasteiger partial charge in [0.15, 0.2) is 0 Å². The molecule has 0 unspecified atom stereocenters. The fourth-order valence-corrected chi connectivity index (χ4v) is 3.81. The third-order valence-corrected chi connectivity index (χ3v) is 5.57. The summed E-state index contributed by atoms with van der Waals surface area (Å²) in [5, 5.41) is 9.32. The molecule has 0 heterocycles. The van der Waals surface area contributed by atoms with Crippen molar-refractivity contribution < 1.29 is 14.3 Å². The van der Waals surface area contributed by atoms with Gasteiger partial charge in [0.25, 0.3) is 5.91 Å². The molecule has 2 aromatic rings. The predicted octanol–water partition coefficient (Wildman–Crippen LogP) is 5.41. The molecule has 0 aliphatic heterocycles. The lowest BCUT2D eigenvalue weighted by molar-refractivity contribution is -0.114. The summed E-state index contributed by atoms with van der Waals surface area (Å²) in [6.07, 6.45) is 5.45. The Labute approximate surface area is 194 Å². The molecule has 32 heavy (non-hydrogen) atoms. The summed E-state index contributed by atoms with van der Waals surface area (Å²) >= 11 is 6.25. The molecule has 0 atom stereocenters. The van der Waals surface area contributed by atoms with Crippen LogP contribution < -0.4 is 20.7 Å². The first-order valence-electron chi connectivity index (χ1n) is 10.9. The van der Waals surface area contributed by atoms with Crippen LogP contribution in [0.5, 0.6) is 5.75 Å². The van der Waals surface area contributed by atoms with Crippen LogP contribution in [0.4, 0.5) is 11.4 Å². The summed E-state index contributed by atoms with van der Waals surface area (Å²) in [4.78, 5) is 25.2. The van der Waals surface area contributed by atoms with Gasteiger partial charge in [-0.15, -0.1) is 0 Å². The van der Waals surface area contributed by atoms with Gasteiger partial charge in [-0.05, 0) is 55.7 Å². The van der Waals surface area contributed by atoms with E-state index in [0.29, 0.717) is 34.3 Å². The van der Waals surface area contributed by atoms with Gasteiger partial charge in [-0.1, -0.05) is 49.6 Å². The van der Waals surface area contributed by atoms with Gasteiger partial charge < -0.3 is 20.7 Å². The quantitative estimate of drug-likeness (QED) is 0.442. The van der Waals surface area contributed by atoms with E-state index < -0.39 is 0 Å². The molecule has 2 aromatic carbocycles. The minimum absolute atomic E-state index is 0.0413. The average Bonchev–Trinajstić information content (AvgIpc) is 2.78. The van der Waals surface area contributed by atoms with Crippen LogP contribution in [0.15, 0.2) is 54.6 Å². The van der Waals surface area contributed by atoms with Gasteiger partial charge in [0, 0.05) is 11.7 Å². The summed E-state index contributed by atoms with van der Waals surface area (Å²) in [5.74, 6) is 0.192. The third-order valence-electron chi connectivity index (χ3n) is 5.24. The van der Waals surface area contributed by atoms with Crippen molar-refractivity contribution in [3.8, 4) is 5.75 Å². The Morgan fingerprint density at radius 2 is 1.88 bits per heavy atom. The second kappa shape index (κ2) is 11.6. The standard InChI is InChI=1S/C25H30ClN3O3/c1-17(2)16-32-23-11-7-6-10-22(23)27-15-24(30)28-19-12-13-21(26)20(14-19)25(31)29-18-8-4-3-5-9-18/h6-7,10-14,18,27H,1,3-5,8-9,15-16H2,2H3,(H,28,30)(H,29,31). The summed E-state index contributed by atoms with van der Waals surface area (Å²) in [6, 6.07) is 12.5. The number of nitrogens with one attached hydrogen (secondary N) is 3. The number of ether oxygens (including phenoxy) is 1. The molecule has 3 rings (SSSR count). The minimum atomic E-state index is -0.249. The highest BCUT2D eigenvalue weighted by Gasteiger charge is 2.19. The molecule has 6 nitrogen and oxygen atoms in total. The van der Waals surface area contributed by atoms with E-state index in [-0.39, 0.29) is 24.4 Å². The van der Waals surface area contributed by atoms with Gasteiger partial charge in [0.2, 0.25) is 5.91 Å². The molecule has 3 N–H and O–H groups in total. The van der Waals surface area contributed by atoms with E-state index in [9.17, 15) is 9.59 Å². The van der Waals surface area contributed by atoms with Gasteiger partial charge in [-0.2, -0.15) is 0 Å². The highest BCUT2D eigenvalue weighted by molar-refractivity contribution is 6.34. The van der Waals surface area contributed by atoms with Gasteiger partial charge in [0.05, 0.1) is 22.8 Å². The summed E-state index contributed by atoms with van der Waals surface area (Å²) in [6.45, 7) is 6.17. The lowest BCUT2D eigenvalue weighted by atomic mass is 9.95. The van der Waals surface area contributed by atoms with Crippen LogP contribution in [-0.4, -0.2) is 31.0 Å². The third kappa shape index (κ3) is 7.02. The average molecular weight is 456 g/mol. The normalized spacial score (nSPS) is 13.8.